The van der Waals surface area contributed by atoms with E-state index < -0.39 is 27.4 Å². The molecule has 0 bridgehead atoms. The Morgan fingerprint density at radius 3 is 2.40 bits per heavy atom. The lowest BCUT2D eigenvalue weighted by atomic mass is 10.1. The zero-order valence-corrected chi connectivity index (χ0v) is 24.7. The van der Waals surface area contributed by atoms with Gasteiger partial charge in [-0.05, 0) is 67.9 Å². The van der Waals surface area contributed by atoms with Crippen LogP contribution in [0.4, 0.5) is 30.6 Å². The van der Waals surface area contributed by atoms with Crippen molar-refractivity contribution in [2.45, 2.75) is 36.9 Å². The highest BCUT2D eigenvalue weighted by Crippen LogP contribution is 2.34. The summed E-state index contributed by atoms with van der Waals surface area (Å²) >= 11 is 0. The summed E-state index contributed by atoms with van der Waals surface area (Å²) in [4.78, 5) is 25.1. The number of nitrogens with one attached hydrogen (secondary N) is 2. The molecule has 1 aliphatic heterocycles. The van der Waals surface area contributed by atoms with E-state index in [1.165, 1.54) is 18.2 Å². The summed E-state index contributed by atoms with van der Waals surface area (Å²) in [5.41, 5.74) is 5.95. The number of amides is 1. The lowest BCUT2D eigenvalue weighted by Crippen LogP contribution is -2.48. The number of rotatable bonds is 12. The number of alkyl halides is 3. The minimum Gasteiger partial charge on any atom is -0.365 e. The summed E-state index contributed by atoms with van der Waals surface area (Å²) in [6.07, 6.45) is 0.247. The molecule has 3 aromatic rings. The monoisotopic (exact) mass is 619 g/mol. The zero-order valence-electron chi connectivity index (χ0n) is 23.9. The van der Waals surface area contributed by atoms with Crippen molar-refractivity contribution < 1.29 is 26.4 Å². The summed E-state index contributed by atoms with van der Waals surface area (Å²) in [7, 11) is -3.48. The summed E-state index contributed by atoms with van der Waals surface area (Å²) in [5, 5.41) is 5.54. The molecule has 232 valence electrons. The van der Waals surface area contributed by atoms with Gasteiger partial charge in [-0.15, -0.1) is 0 Å². The van der Waals surface area contributed by atoms with E-state index in [9.17, 15) is 26.4 Å². The molecule has 1 saturated heterocycles. The van der Waals surface area contributed by atoms with Gasteiger partial charge >= 0.3 is 6.18 Å². The van der Waals surface area contributed by atoms with E-state index in [-0.39, 0.29) is 23.3 Å². The van der Waals surface area contributed by atoms with E-state index in [0.29, 0.717) is 42.6 Å². The fourth-order valence-corrected chi connectivity index (χ4v) is 5.39. The molecule has 0 atom stereocenters. The Labute approximate surface area is 249 Å². The molecule has 2 heterocycles. The summed E-state index contributed by atoms with van der Waals surface area (Å²) in [5.74, 6) is -0.617. The van der Waals surface area contributed by atoms with E-state index >= 15 is 0 Å². The van der Waals surface area contributed by atoms with Gasteiger partial charge in [0, 0.05) is 56.4 Å². The standard InChI is InChI=1S/C29H36F3N7O3S/c1-43(41,42)24-7-5-6-21(18-24)19-34-26-25(29(30,31)32)20-35-28(37-26)36-23-10-8-22(9-11-23)27(40)39-16-14-38(15-17-39)13-4-2-3-12-33/h5-11,18,20H,2-4,12-17,19,33H2,1H3,(H2,34,35,36,37). The van der Waals surface area contributed by atoms with Crippen LogP contribution >= 0.6 is 0 Å². The number of hydrogen-bond donors (Lipinski definition) is 3. The molecule has 2 aromatic carbocycles. The SMILES string of the molecule is CS(=O)(=O)c1cccc(CNc2nc(Nc3ccc(C(=O)N4CCN(CCCCCN)CC4)cc3)ncc2C(F)(F)F)c1. The number of unbranched alkanes of at least 4 members (excludes halogenated alkanes) is 2. The number of sulfone groups is 1. The average molecular weight is 620 g/mol. The largest absolute Gasteiger partial charge is 0.421 e. The number of aromatic nitrogens is 2. The molecule has 0 unspecified atom stereocenters. The molecule has 1 amide bonds. The number of piperazine rings is 1. The second-order valence-corrected chi connectivity index (χ2v) is 12.4. The highest BCUT2D eigenvalue weighted by molar-refractivity contribution is 7.90. The quantitative estimate of drug-likeness (QED) is 0.256. The third-order valence-corrected chi connectivity index (χ3v) is 8.22. The van der Waals surface area contributed by atoms with Gasteiger partial charge in [0.25, 0.3) is 5.91 Å². The first-order valence-electron chi connectivity index (χ1n) is 14.0. The van der Waals surface area contributed by atoms with Gasteiger partial charge in [-0.1, -0.05) is 18.6 Å². The molecule has 0 saturated carbocycles. The first-order chi connectivity index (χ1) is 20.4. The maximum Gasteiger partial charge on any atom is 0.421 e. The van der Waals surface area contributed by atoms with Gasteiger partial charge in [-0.25, -0.2) is 13.4 Å². The molecule has 10 nitrogen and oxygen atoms in total. The minimum absolute atomic E-state index is 0.0612. The van der Waals surface area contributed by atoms with Crippen molar-refractivity contribution in [3.05, 3.63) is 71.4 Å². The lowest BCUT2D eigenvalue weighted by molar-refractivity contribution is -0.137. The number of anilines is 3. The Morgan fingerprint density at radius 1 is 1.02 bits per heavy atom. The number of hydrogen-bond acceptors (Lipinski definition) is 9. The molecule has 1 aromatic heterocycles. The lowest BCUT2D eigenvalue weighted by Gasteiger charge is -2.34. The van der Waals surface area contributed by atoms with Crippen molar-refractivity contribution in [1.29, 1.82) is 0 Å². The highest BCUT2D eigenvalue weighted by atomic mass is 32.2. The maximum atomic E-state index is 13.7. The molecular formula is C29H36F3N7O3S. The molecule has 4 rings (SSSR count). The van der Waals surface area contributed by atoms with Crippen LogP contribution < -0.4 is 16.4 Å². The molecule has 1 fully saturated rings. The van der Waals surface area contributed by atoms with Gasteiger partial charge in [0.05, 0.1) is 4.90 Å². The number of nitrogens with zero attached hydrogens (tertiary/aromatic N) is 4. The number of halogens is 3. The molecule has 43 heavy (non-hydrogen) atoms. The Balaban J connectivity index is 1.39. The highest BCUT2D eigenvalue weighted by Gasteiger charge is 2.35. The topological polar surface area (TPSA) is 134 Å². The number of nitrogens with two attached hydrogens (primary N) is 1. The molecule has 4 N–H and O–H groups in total. The van der Waals surface area contributed by atoms with Crippen LogP contribution in [-0.2, 0) is 22.6 Å². The summed E-state index contributed by atoms with van der Waals surface area (Å²) < 4.78 is 64.7. The van der Waals surface area contributed by atoms with Crippen LogP contribution in [0, 0.1) is 0 Å². The normalized spacial score (nSPS) is 14.5. The van der Waals surface area contributed by atoms with Crippen LogP contribution in [-0.4, -0.2) is 79.6 Å². The van der Waals surface area contributed by atoms with Gasteiger partial charge in [0.15, 0.2) is 9.84 Å². The van der Waals surface area contributed by atoms with Gasteiger partial charge < -0.3 is 21.3 Å². The van der Waals surface area contributed by atoms with Crippen LogP contribution in [0.2, 0.25) is 0 Å². The molecular weight excluding hydrogens is 583 g/mol. The van der Waals surface area contributed by atoms with Crippen molar-refractivity contribution in [3.8, 4) is 0 Å². The van der Waals surface area contributed by atoms with E-state index in [1.54, 1.807) is 30.3 Å². The maximum absolute atomic E-state index is 13.7. The number of benzene rings is 2. The molecule has 0 spiro atoms. The van der Waals surface area contributed by atoms with Crippen LogP contribution in [0.15, 0.2) is 59.6 Å². The van der Waals surface area contributed by atoms with Crippen LogP contribution in [0.3, 0.4) is 0 Å². The summed E-state index contributed by atoms with van der Waals surface area (Å²) in [6, 6.07) is 12.5. The van der Waals surface area contributed by atoms with Crippen LogP contribution in [0.5, 0.6) is 0 Å². The van der Waals surface area contributed by atoms with Crippen LogP contribution in [0.1, 0.15) is 40.7 Å². The Morgan fingerprint density at radius 2 is 1.74 bits per heavy atom. The average Bonchev–Trinajstić information content (AvgIpc) is 2.98. The van der Waals surface area contributed by atoms with Crippen LogP contribution in [0.25, 0.3) is 0 Å². The third-order valence-electron chi connectivity index (χ3n) is 7.11. The number of carbonyl (C=O) groups excluding carboxylic acids is 1. The first-order valence-corrected chi connectivity index (χ1v) is 15.9. The van der Waals surface area contributed by atoms with Crippen molar-refractivity contribution in [2.75, 3.05) is 56.2 Å². The van der Waals surface area contributed by atoms with Gasteiger partial charge in [-0.2, -0.15) is 18.2 Å². The first kappa shape index (κ1) is 32.2. The van der Waals surface area contributed by atoms with E-state index in [1.807, 2.05) is 4.90 Å². The molecule has 1 aliphatic rings. The second kappa shape index (κ2) is 14.1. The van der Waals surface area contributed by atoms with Crippen molar-refractivity contribution in [2.24, 2.45) is 5.73 Å². The Kier molecular flexibility index (Phi) is 10.6. The summed E-state index contributed by atoms with van der Waals surface area (Å²) in [6.45, 7) is 4.53. The van der Waals surface area contributed by atoms with E-state index in [2.05, 4.69) is 25.5 Å². The van der Waals surface area contributed by atoms with E-state index in [4.69, 9.17) is 5.73 Å². The predicted molar refractivity (Wildman–Crippen MR) is 159 cm³/mol. The van der Waals surface area contributed by atoms with Gasteiger partial charge in [-0.3, -0.25) is 9.69 Å². The van der Waals surface area contributed by atoms with Crippen molar-refractivity contribution in [3.63, 3.8) is 0 Å². The van der Waals surface area contributed by atoms with Gasteiger partial charge in [0.1, 0.15) is 11.4 Å². The molecule has 14 heteroatoms. The predicted octanol–water partition coefficient (Wildman–Crippen LogP) is 4.14. The second-order valence-electron chi connectivity index (χ2n) is 10.4. The molecule has 0 aliphatic carbocycles. The number of carbonyl (C=O) groups is 1. The fourth-order valence-electron chi connectivity index (χ4n) is 4.70. The third kappa shape index (κ3) is 9.12. The van der Waals surface area contributed by atoms with Crippen molar-refractivity contribution >= 4 is 33.2 Å². The zero-order chi connectivity index (χ0) is 31.0. The van der Waals surface area contributed by atoms with E-state index in [0.717, 1.165) is 45.2 Å². The fraction of sp³-hybridized carbons (Fsp3) is 0.414. The smallest absolute Gasteiger partial charge is 0.365 e. The molecule has 0 radical (unpaired) electrons. The minimum atomic E-state index is -4.71. The Hall–Kier alpha value is -3.75. The Bertz CT molecular complexity index is 1490. The van der Waals surface area contributed by atoms with Gasteiger partial charge in [0.2, 0.25) is 5.95 Å². The van der Waals surface area contributed by atoms with Crippen molar-refractivity contribution in [1.82, 2.24) is 19.8 Å².